The molecule has 2 heterocycles. The Bertz CT molecular complexity index is 438. The van der Waals surface area contributed by atoms with E-state index in [1.165, 1.54) is 69.1 Å². The van der Waals surface area contributed by atoms with Crippen molar-refractivity contribution in [3.8, 4) is 0 Å². The van der Waals surface area contributed by atoms with Crippen molar-refractivity contribution in [1.82, 2.24) is 4.98 Å². The molecule has 1 fully saturated rings. The number of aromatic nitrogens is 1. The molecule has 1 saturated heterocycles. The Kier molecular flexibility index (Phi) is 5.85. The SMILES string of the molecule is C[N+]1(CCCCCCCc2ncc(N)cc2N)CCCC1. The van der Waals surface area contributed by atoms with Gasteiger partial charge in [-0.25, -0.2) is 0 Å². The van der Waals surface area contributed by atoms with Gasteiger partial charge in [-0.3, -0.25) is 4.98 Å². The van der Waals surface area contributed by atoms with Gasteiger partial charge >= 0.3 is 0 Å². The van der Waals surface area contributed by atoms with Crippen LogP contribution in [0.4, 0.5) is 11.4 Å². The quantitative estimate of drug-likeness (QED) is 0.571. The number of unbranched alkanes of at least 4 members (excludes halogenated alkanes) is 4. The van der Waals surface area contributed by atoms with E-state index in [0.29, 0.717) is 5.69 Å². The van der Waals surface area contributed by atoms with Gasteiger partial charge in [0.05, 0.1) is 49.9 Å². The molecule has 1 aliphatic rings. The Morgan fingerprint density at radius 2 is 1.71 bits per heavy atom. The number of nitrogen functional groups attached to an aromatic ring is 2. The van der Waals surface area contributed by atoms with E-state index >= 15 is 0 Å². The minimum absolute atomic E-state index is 0.648. The first-order valence-electron chi connectivity index (χ1n) is 8.42. The third kappa shape index (κ3) is 5.20. The van der Waals surface area contributed by atoms with Crippen molar-refractivity contribution in [2.24, 2.45) is 0 Å². The lowest BCUT2D eigenvalue weighted by molar-refractivity contribution is -0.897. The molecule has 0 spiro atoms. The molecule has 4 N–H and O–H groups in total. The molecule has 0 bridgehead atoms. The molecule has 0 atom stereocenters. The van der Waals surface area contributed by atoms with Gasteiger partial charge in [0.1, 0.15) is 0 Å². The van der Waals surface area contributed by atoms with Crippen LogP contribution in [0, 0.1) is 0 Å². The molecule has 1 aromatic rings. The molecule has 0 radical (unpaired) electrons. The first-order valence-corrected chi connectivity index (χ1v) is 8.42. The standard InChI is InChI=1S/C17H31N4/c1-21(11-7-8-12-21)10-6-4-2-3-5-9-17-16(19)13-15(18)14-20-17/h13-14H,2-12,18-19H2,1H3/q+1. The topological polar surface area (TPSA) is 64.9 Å². The summed E-state index contributed by atoms with van der Waals surface area (Å²) in [5.74, 6) is 0. The first kappa shape index (κ1) is 16.1. The van der Waals surface area contributed by atoms with Crippen LogP contribution in [0.5, 0.6) is 0 Å². The Morgan fingerprint density at radius 1 is 1.05 bits per heavy atom. The highest BCUT2D eigenvalue weighted by Gasteiger charge is 2.25. The lowest BCUT2D eigenvalue weighted by Gasteiger charge is -2.29. The predicted octanol–water partition coefficient (Wildman–Crippen LogP) is 2.98. The summed E-state index contributed by atoms with van der Waals surface area (Å²) < 4.78 is 1.31. The summed E-state index contributed by atoms with van der Waals surface area (Å²) in [6.07, 6.45) is 12.0. The lowest BCUT2D eigenvalue weighted by Crippen LogP contribution is -2.41. The molecule has 0 aromatic carbocycles. The van der Waals surface area contributed by atoms with Crippen LogP contribution >= 0.6 is 0 Å². The summed E-state index contributed by atoms with van der Waals surface area (Å²) >= 11 is 0. The Morgan fingerprint density at radius 3 is 2.43 bits per heavy atom. The molecule has 4 heteroatoms. The highest BCUT2D eigenvalue weighted by molar-refractivity contribution is 5.52. The maximum absolute atomic E-state index is 5.92. The molecular formula is C17H31N4+. The van der Waals surface area contributed by atoms with Gasteiger partial charge in [-0.15, -0.1) is 0 Å². The van der Waals surface area contributed by atoms with E-state index in [4.69, 9.17) is 11.5 Å². The van der Waals surface area contributed by atoms with E-state index in [0.717, 1.165) is 17.8 Å². The maximum atomic E-state index is 5.92. The van der Waals surface area contributed by atoms with Crippen molar-refractivity contribution in [3.63, 3.8) is 0 Å². The number of rotatable bonds is 8. The van der Waals surface area contributed by atoms with Gasteiger partial charge in [-0.05, 0) is 31.7 Å². The Hall–Kier alpha value is -1.29. The zero-order valence-electron chi connectivity index (χ0n) is 13.5. The second kappa shape index (κ2) is 7.64. The van der Waals surface area contributed by atoms with Crippen LogP contribution in [0.3, 0.4) is 0 Å². The van der Waals surface area contributed by atoms with Gasteiger partial charge in [0.15, 0.2) is 0 Å². The van der Waals surface area contributed by atoms with E-state index in [2.05, 4.69) is 12.0 Å². The molecule has 118 valence electrons. The summed E-state index contributed by atoms with van der Waals surface area (Å²) in [4.78, 5) is 4.32. The number of nitrogens with two attached hydrogens (primary N) is 2. The van der Waals surface area contributed by atoms with Gasteiger partial charge in [0.25, 0.3) is 0 Å². The highest BCUT2D eigenvalue weighted by atomic mass is 15.3. The second-order valence-electron chi connectivity index (χ2n) is 6.82. The van der Waals surface area contributed by atoms with Gasteiger partial charge < -0.3 is 16.0 Å². The fraction of sp³-hybridized carbons (Fsp3) is 0.706. The van der Waals surface area contributed by atoms with Crippen LogP contribution in [0.2, 0.25) is 0 Å². The average molecular weight is 291 g/mol. The van der Waals surface area contributed by atoms with Crippen LogP contribution in [-0.2, 0) is 6.42 Å². The normalized spacial score (nSPS) is 17.2. The maximum Gasteiger partial charge on any atom is 0.0786 e. The lowest BCUT2D eigenvalue weighted by atomic mass is 10.1. The third-order valence-corrected chi connectivity index (χ3v) is 4.78. The highest BCUT2D eigenvalue weighted by Crippen LogP contribution is 2.19. The monoisotopic (exact) mass is 291 g/mol. The summed E-state index contributed by atoms with van der Waals surface area (Å²) in [5, 5.41) is 0. The number of quaternary nitrogens is 1. The minimum atomic E-state index is 0.648. The number of likely N-dealkylation sites (tertiary alicyclic amines) is 1. The molecule has 4 nitrogen and oxygen atoms in total. The minimum Gasteiger partial charge on any atom is -0.397 e. The molecule has 1 aromatic heterocycles. The van der Waals surface area contributed by atoms with Crippen molar-refractivity contribution in [1.29, 1.82) is 0 Å². The largest absolute Gasteiger partial charge is 0.397 e. The Balaban J connectivity index is 1.54. The van der Waals surface area contributed by atoms with E-state index in [1.807, 2.05) is 6.07 Å². The van der Waals surface area contributed by atoms with E-state index in [-0.39, 0.29) is 0 Å². The molecule has 2 rings (SSSR count). The van der Waals surface area contributed by atoms with Crippen molar-refractivity contribution in [3.05, 3.63) is 18.0 Å². The van der Waals surface area contributed by atoms with Gasteiger partial charge in [-0.1, -0.05) is 12.8 Å². The predicted molar refractivity (Wildman–Crippen MR) is 89.9 cm³/mol. The van der Waals surface area contributed by atoms with E-state index < -0.39 is 0 Å². The molecule has 1 aliphatic heterocycles. The molecular weight excluding hydrogens is 260 g/mol. The molecule has 0 unspecified atom stereocenters. The van der Waals surface area contributed by atoms with Crippen molar-refractivity contribution in [2.45, 2.75) is 51.4 Å². The number of nitrogens with zero attached hydrogens (tertiary/aromatic N) is 2. The average Bonchev–Trinajstić information content (AvgIpc) is 2.87. The number of anilines is 2. The van der Waals surface area contributed by atoms with Gasteiger partial charge in [0.2, 0.25) is 0 Å². The molecule has 0 saturated carbocycles. The second-order valence-corrected chi connectivity index (χ2v) is 6.82. The van der Waals surface area contributed by atoms with Gasteiger partial charge in [0, 0.05) is 12.8 Å². The van der Waals surface area contributed by atoms with E-state index in [1.54, 1.807) is 6.20 Å². The number of hydrogen-bond donors (Lipinski definition) is 2. The number of pyridine rings is 1. The summed E-state index contributed by atoms with van der Waals surface area (Å²) in [5.41, 5.74) is 14.0. The van der Waals surface area contributed by atoms with Crippen molar-refractivity contribution >= 4 is 11.4 Å². The zero-order valence-corrected chi connectivity index (χ0v) is 13.5. The van der Waals surface area contributed by atoms with Crippen LogP contribution in [0.15, 0.2) is 12.3 Å². The van der Waals surface area contributed by atoms with Crippen LogP contribution in [-0.4, -0.2) is 36.1 Å². The van der Waals surface area contributed by atoms with Crippen LogP contribution in [0.25, 0.3) is 0 Å². The fourth-order valence-electron chi connectivity index (χ4n) is 3.37. The molecule has 0 amide bonds. The zero-order chi connectivity index (χ0) is 15.1. The molecule has 0 aliphatic carbocycles. The Labute approximate surface area is 129 Å². The van der Waals surface area contributed by atoms with Gasteiger partial charge in [-0.2, -0.15) is 0 Å². The van der Waals surface area contributed by atoms with Crippen molar-refractivity contribution < 1.29 is 4.48 Å². The summed E-state index contributed by atoms with van der Waals surface area (Å²) in [6.45, 7) is 4.15. The van der Waals surface area contributed by atoms with Crippen LogP contribution < -0.4 is 11.5 Å². The molecule has 21 heavy (non-hydrogen) atoms. The first-order chi connectivity index (χ1) is 10.1. The van der Waals surface area contributed by atoms with E-state index in [9.17, 15) is 0 Å². The third-order valence-electron chi connectivity index (χ3n) is 4.78. The number of aryl methyl sites for hydroxylation is 1. The van der Waals surface area contributed by atoms with Crippen molar-refractivity contribution in [2.75, 3.05) is 38.1 Å². The number of hydrogen-bond acceptors (Lipinski definition) is 3. The van der Waals surface area contributed by atoms with Crippen LogP contribution in [0.1, 0.15) is 50.6 Å². The fourth-order valence-corrected chi connectivity index (χ4v) is 3.37. The summed E-state index contributed by atoms with van der Waals surface area (Å²) in [7, 11) is 2.42. The smallest absolute Gasteiger partial charge is 0.0786 e. The summed E-state index contributed by atoms with van der Waals surface area (Å²) in [6, 6.07) is 1.81.